The van der Waals surface area contributed by atoms with Gasteiger partial charge in [0.05, 0.1) is 25.1 Å². The van der Waals surface area contributed by atoms with Crippen molar-refractivity contribution in [1.29, 1.82) is 0 Å². The highest BCUT2D eigenvalue weighted by molar-refractivity contribution is 5.89. The molecule has 0 aliphatic carbocycles. The lowest BCUT2D eigenvalue weighted by molar-refractivity contribution is -0.385. The number of carbonyl (C=O) groups excluding carboxylic acids is 1. The molecule has 0 atom stereocenters. The number of methoxy groups -OCH3 is 1. The number of hydrogen-bond acceptors (Lipinski definition) is 6. The van der Waals surface area contributed by atoms with Crippen molar-refractivity contribution < 1.29 is 14.5 Å². The number of aromatic nitrogens is 4. The molecule has 0 spiro atoms. The molecule has 0 aliphatic heterocycles. The topological polar surface area (TPSA) is 117 Å². The van der Waals surface area contributed by atoms with Crippen molar-refractivity contribution >= 4 is 17.4 Å². The van der Waals surface area contributed by atoms with E-state index in [1.807, 2.05) is 31.2 Å². The third-order valence-corrected chi connectivity index (χ3v) is 4.17. The van der Waals surface area contributed by atoms with Crippen molar-refractivity contribution in [3.63, 3.8) is 0 Å². The average Bonchev–Trinajstić information content (AvgIpc) is 3.28. The van der Waals surface area contributed by atoms with Gasteiger partial charge in [-0.3, -0.25) is 24.3 Å². The fraction of sp³-hybridized carbons (Fsp3) is 0.278. The molecule has 0 saturated carbocycles. The Hall–Kier alpha value is -3.69. The molecule has 2 heterocycles. The quantitative estimate of drug-likeness (QED) is 0.471. The normalized spacial score (nSPS) is 10.6. The highest BCUT2D eigenvalue weighted by Crippen LogP contribution is 2.24. The molecular weight excluding hydrogens is 364 g/mol. The van der Waals surface area contributed by atoms with Crippen LogP contribution in [0.15, 0.2) is 42.7 Å². The van der Waals surface area contributed by atoms with Gasteiger partial charge in [0, 0.05) is 18.7 Å². The van der Waals surface area contributed by atoms with Gasteiger partial charge in [-0.05, 0) is 18.1 Å². The Bertz CT molecular complexity index is 994. The largest absolute Gasteiger partial charge is 0.475 e. The summed E-state index contributed by atoms with van der Waals surface area (Å²) >= 11 is 0. The smallest absolute Gasteiger partial charge is 0.350 e. The molecule has 10 heteroatoms. The van der Waals surface area contributed by atoms with Crippen molar-refractivity contribution in [3.8, 4) is 5.88 Å². The first kappa shape index (κ1) is 19.1. The Kier molecular flexibility index (Phi) is 5.68. The summed E-state index contributed by atoms with van der Waals surface area (Å²) in [6, 6.07) is 9.75. The monoisotopic (exact) mass is 384 g/mol. The van der Waals surface area contributed by atoms with Gasteiger partial charge in [0.25, 0.3) is 0 Å². The molecule has 146 valence electrons. The zero-order valence-corrected chi connectivity index (χ0v) is 15.5. The summed E-state index contributed by atoms with van der Waals surface area (Å²) in [6.45, 7) is 2.83. The van der Waals surface area contributed by atoms with E-state index in [0.29, 0.717) is 12.4 Å². The van der Waals surface area contributed by atoms with Crippen molar-refractivity contribution in [2.45, 2.75) is 26.4 Å². The fourth-order valence-corrected chi connectivity index (χ4v) is 2.68. The van der Waals surface area contributed by atoms with Crippen LogP contribution in [0, 0.1) is 17.0 Å². The second-order valence-corrected chi connectivity index (χ2v) is 6.17. The van der Waals surface area contributed by atoms with Gasteiger partial charge >= 0.3 is 11.6 Å². The molecule has 28 heavy (non-hydrogen) atoms. The maximum atomic E-state index is 12.1. The van der Waals surface area contributed by atoms with Gasteiger partial charge < -0.3 is 10.1 Å². The molecule has 3 rings (SSSR count). The molecule has 0 aliphatic rings. The van der Waals surface area contributed by atoms with Gasteiger partial charge in [-0.1, -0.05) is 24.3 Å². The zero-order chi connectivity index (χ0) is 20.1. The minimum atomic E-state index is -0.580. The van der Waals surface area contributed by atoms with E-state index in [1.54, 1.807) is 16.9 Å². The first-order valence-electron chi connectivity index (χ1n) is 8.60. The van der Waals surface area contributed by atoms with E-state index >= 15 is 0 Å². The number of nitrogens with zero attached hydrogens (tertiary/aromatic N) is 5. The number of nitrogens with one attached hydrogen (secondary N) is 1. The predicted molar refractivity (Wildman–Crippen MR) is 101 cm³/mol. The molecule has 1 N–H and O–H groups in total. The zero-order valence-electron chi connectivity index (χ0n) is 15.5. The summed E-state index contributed by atoms with van der Waals surface area (Å²) < 4.78 is 7.93. The maximum absolute atomic E-state index is 12.1. The summed E-state index contributed by atoms with van der Waals surface area (Å²) in [6.07, 6.45) is 3.12. The second kappa shape index (κ2) is 8.33. The van der Waals surface area contributed by atoms with Crippen LogP contribution >= 0.6 is 0 Å². The first-order valence-corrected chi connectivity index (χ1v) is 8.60. The summed E-state index contributed by atoms with van der Waals surface area (Å²) in [5.41, 5.74) is 2.09. The number of carbonyl (C=O) groups is 1. The number of hydrogen-bond donors (Lipinski definition) is 1. The number of amides is 1. The van der Waals surface area contributed by atoms with Crippen LogP contribution in [0.25, 0.3) is 0 Å². The third-order valence-electron chi connectivity index (χ3n) is 4.17. The van der Waals surface area contributed by atoms with Crippen LogP contribution in [-0.4, -0.2) is 37.5 Å². The van der Waals surface area contributed by atoms with E-state index in [9.17, 15) is 14.9 Å². The molecule has 10 nitrogen and oxygen atoms in total. The van der Waals surface area contributed by atoms with Crippen LogP contribution in [0.3, 0.4) is 0 Å². The van der Waals surface area contributed by atoms with Gasteiger partial charge in [-0.2, -0.15) is 5.10 Å². The molecule has 0 saturated heterocycles. The molecule has 1 amide bonds. The number of rotatable bonds is 8. The molecule has 3 aromatic rings. The molecule has 0 radical (unpaired) electrons. The first-order chi connectivity index (χ1) is 13.5. The lowest BCUT2D eigenvalue weighted by atomic mass is 10.1. The van der Waals surface area contributed by atoms with Crippen molar-refractivity contribution in [3.05, 3.63) is 64.0 Å². The predicted octanol–water partition coefficient (Wildman–Crippen LogP) is 2.38. The Morgan fingerprint density at radius 2 is 2.04 bits per heavy atom. The number of aryl methyl sites for hydroxylation is 2. The molecule has 0 fully saturated rings. The third kappa shape index (κ3) is 4.53. The van der Waals surface area contributed by atoms with Gasteiger partial charge in [-0.15, -0.1) is 5.10 Å². The Labute approximate surface area is 160 Å². The summed E-state index contributed by atoms with van der Waals surface area (Å²) in [7, 11) is 1.31. The minimum absolute atomic E-state index is 0.0830. The highest BCUT2D eigenvalue weighted by atomic mass is 16.6. The van der Waals surface area contributed by atoms with Crippen LogP contribution in [-0.2, 0) is 17.9 Å². The second-order valence-electron chi connectivity index (χ2n) is 6.17. The number of nitro groups is 1. The standard InChI is InChI=1S/C18H20N6O4/c1-13-5-3-4-6-14(13)11-22-9-7-16(20-22)19-17(25)8-10-23-12-15(24(26)27)18(21-23)28-2/h3-7,9,12H,8,10-11H2,1-2H3,(H,19,20,25). The van der Waals surface area contributed by atoms with Crippen LogP contribution in [0.4, 0.5) is 11.5 Å². The van der Waals surface area contributed by atoms with E-state index < -0.39 is 4.92 Å². The molecule has 0 bridgehead atoms. The SMILES string of the molecule is COc1nn(CCC(=O)Nc2ccn(Cc3ccccc3C)n2)cc1[N+](=O)[O-]. The lowest BCUT2D eigenvalue weighted by Crippen LogP contribution is -2.15. The average molecular weight is 384 g/mol. The van der Waals surface area contributed by atoms with E-state index in [1.165, 1.54) is 23.6 Å². The van der Waals surface area contributed by atoms with Gasteiger partial charge in [-0.25, -0.2) is 0 Å². The van der Waals surface area contributed by atoms with Crippen molar-refractivity contribution in [2.75, 3.05) is 12.4 Å². The molecule has 0 unspecified atom stereocenters. The van der Waals surface area contributed by atoms with E-state index in [0.717, 1.165) is 5.56 Å². The van der Waals surface area contributed by atoms with Gasteiger partial charge in [0.2, 0.25) is 5.91 Å². The van der Waals surface area contributed by atoms with E-state index in [4.69, 9.17) is 4.74 Å². The lowest BCUT2D eigenvalue weighted by Gasteiger charge is -2.05. The van der Waals surface area contributed by atoms with Crippen LogP contribution in [0.2, 0.25) is 0 Å². The number of ether oxygens (including phenoxy) is 1. The van der Waals surface area contributed by atoms with Crippen LogP contribution < -0.4 is 10.1 Å². The highest BCUT2D eigenvalue weighted by Gasteiger charge is 2.20. The molecular formula is C18H20N6O4. The fourth-order valence-electron chi connectivity index (χ4n) is 2.68. The Morgan fingerprint density at radius 1 is 1.25 bits per heavy atom. The van der Waals surface area contributed by atoms with Gasteiger partial charge in [0.1, 0.15) is 6.20 Å². The van der Waals surface area contributed by atoms with Crippen molar-refractivity contribution in [1.82, 2.24) is 19.6 Å². The number of benzene rings is 1. The minimum Gasteiger partial charge on any atom is -0.475 e. The van der Waals surface area contributed by atoms with Crippen molar-refractivity contribution in [2.24, 2.45) is 0 Å². The summed E-state index contributed by atoms with van der Waals surface area (Å²) in [4.78, 5) is 22.5. The van der Waals surface area contributed by atoms with E-state index in [-0.39, 0.29) is 30.4 Å². The summed E-state index contributed by atoms with van der Waals surface area (Å²) in [5.74, 6) is 0.0984. The van der Waals surface area contributed by atoms with E-state index in [2.05, 4.69) is 15.5 Å². The molecule has 2 aromatic heterocycles. The summed E-state index contributed by atoms with van der Waals surface area (Å²) in [5, 5.41) is 21.9. The number of anilines is 1. The van der Waals surface area contributed by atoms with Crippen LogP contribution in [0.5, 0.6) is 5.88 Å². The van der Waals surface area contributed by atoms with Crippen LogP contribution in [0.1, 0.15) is 17.5 Å². The Morgan fingerprint density at radius 3 is 2.71 bits per heavy atom. The molecule has 1 aromatic carbocycles. The maximum Gasteiger partial charge on any atom is 0.350 e. The van der Waals surface area contributed by atoms with Gasteiger partial charge in [0.15, 0.2) is 5.82 Å². The Balaban J connectivity index is 1.55.